The Hall–Kier alpha value is -2.41. The molecule has 2 rings (SSSR count). The highest BCUT2D eigenvalue weighted by atomic mass is 16.5. The maximum atomic E-state index is 9.33. The minimum Gasteiger partial charge on any atom is -0.492 e. The van der Waals surface area contributed by atoms with Gasteiger partial charge in [0.2, 0.25) is 0 Å². The van der Waals surface area contributed by atoms with Gasteiger partial charge in [-0.15, -0.1) is 0 Å². The van der Waals surface area contributed by atoms with Gasteiger partial charge >= 0.3 is 0 Å². The van der Waals surface area contributed by atoms with Gasteiger partial charge in [-0.3, -0.25) is 0 Å². The molecule has 0 amide bonds. The number of nitriles is 1. The third-order valence-corrected chi connectivity index (χ3v) is 3.39. The molecule has 4 nitrogen and oxygen atoms in total. The molecule has 0 atom stereocenters. The van der Waals surface area contributed by atoms with Crippen LogP contribution in [0.25, 0.3) is 11.1 Å². The number of rotatable bonds is 6. The maximum Gasteiger partial charge on any atom is 0.137 e. The summed E-state index contributed by atoms with van der Waals surface area (Å²) < 4.78 is 5.74. The summed E-state index contributed by atoms with van der Waals surface area (Å²) >= 11 is 0. The summed E-state index contributed by atoms with van der Waals surface area (Å²) in [6.45, 7) is 6.93. The van der Waals surface area contributed by atoms with Crippen molar-refractivity contribution in [3.05, 3.63) is 41.7 Å². The standard InChI is InChI=1S/C18H21N3O/c1-13(2)5-4-8-22-18-7-6-15(10-16(18)11-19)17-9-14(3)21-20-12-17/h6-7,9-10,12-13H,4-5,8H2,1-3H3. The molecule has 0 spiro atoms. The van der Waals surface area contributed by atoms with Crippen molar-refractivity contribution in [3.8, 4) is 22.9 Å². The molecule has 4 heteroatoms. The third-order valence-electron chi connectivity index (χ3n) is 3.39. The smallest absolute Gasteiger partial charge is 0.137 e. The van der Waals surface area contributed by atoms with Gasteiger partial charge in [-0.1, -0.05) is 19.9 Å². The number of nitrogens with zero attached hydrogens (tertiary/aromatic N) is 3. The number of ether oxygens (including phenoxy) is 1. The second kappa shape index (κ2) is 7.56. The molecule has 0 saturated heterocycles. The lowest BCUT2D eigenvalue weighted by Gasteiger charge is -2.10. The van der Waals surface area contributed by atoms with Gasteiger partial charge in [0.05, 0.1) is 24.1 Å². The van der Waals surface area contributed by atoms with Crippen molar-refractivity contribution in [2.45, 2.75) is 33.6 Å². The van der Waals surface area contributed by atoms with E-state index in [4.69, 9.17) is 4.74 Å². The summed E-state index contributed by atoms with van der Waals surface area (Å²) in [6.07, 6.45) is 3.83. The van der Waals surface area contributed by atoms with Crippen LogP contribution in [0.1, 0.15) is 37.9 Å². The van der Waals surface area contributed by atoms with Crippen LogP contribution in [-0.2, 0) is 0 Å². The monoisotopic (exact) mass is 295 g/mol. The molecule has 1 aromatic carbocycles. The molecular formula is C18H21N3O. The lowest BCUT2D eigenvalue weighted by atomic mass is 10.0. The Morgan fingerprint density at radius 1 is 1.23 bits per heavy atom. The molecule has 0 bridgehead atoms. The van der Waals surface area contributed by atoms with Gasteiger partial charge in [0.1, 0.15) is 11.8 Å². The van der Waals surface area contributed by atoms with Crippen LogP contribution in [0.4, 0.5) is 0 Å². The summed E-state index contributed by atoms with van der Waals surface area (Å²) in [7, 11) is 0. The largest absolute Gasteiger partial charge is 0.492 e. The number of aryl methyl sites for hydroxylation is 1. The van der Waals surface area contributed by atoms with Gasteiger partial charge in [0, 0.05) is 5.56 Å². The maximum absolute atomic E-state index is 9.33. The average molecular weight is 295 g/mol. The third kappa shape index (κ3) is 4.29. The van der Waals surface area contributed by atoms with E-state index in [1.165, 1.54) is 0 Å². The fraction of sp³-hybridized carbons (Fsp3) is 0.389. The summed E-state index contributed by atoms with van der Waals surface area (Å²) in [6, 6.07) is 9.82. The van der Waals surface area contributed by atoms with Crippen LogP contribution in [0.5, 0.6) is 5.75 Å². The van der Waals surface area contributed by atoms with Crippen LogP contribution >= 0.6 is 0 Å². The quantitative estimate of drug-likeness (QED) is 0.751. The van der Waals surface area contributed by atoms with Crippen molar-refractivity contribution in [3.63, 3.8) is 0 Å². The van der Waals surface area contributed by atoms with E-state index in [0.717, 1.165) is 29.7 Å². The van der Waals surface area contributed by atoms with Gasteiger partial charge in [0.25, 0.3) is 0 Å². The SMILES string of the molecule is Cc1cc(-c2ccc(OCCCC(C)C)c(C#N)c2)cnn1. The molecule has 2 aromatic rings. The highest BCUT2D eigenvalue weighted by Gasteiger charge is 2.07. The molecule has 0 aliphatic heterocycles. The van der Waals surface area contributed by atoms with Gasteiger partial charge in [0.15, 0.2) is 0 Å². The second-order valence-corrected chi connectivity index (χ2v) is 5.79. The molecular weight excluding hydrogens is 274 g/mol. The van der Waals surface area contributed by atoms with Crippen LogP contribution in [0.3, 0.4) is 0 Å². The van der Waals surface area contributed by atoms with Crippen molar-refractivity contribution in [2.24, 2.45) is 5.92 Å². The van der Waals surface area contributed by atoms with Crippen LogP contribution in [0.2, 0.25) is 0 Å². The molecule has 1 heterocycles. The van der Waals surface area contributed by atoms with Gasteiger partial charge in [-0.05, 0) is 49.4 Å². The fourth-order valence-corrected chi connectivity index (χ4v) is 2.23. The molecule has 22 heavy (non-hydrogen) atoms. The number of aromatic nitrogens is 2. The Balaban J connectivity index is 2.13. The highest BCUT2D eigenvalue weighted by molar-refractivity contribution is 5.66. The predicted octanol–water partition coefficient (Wildman–Crippen LogP) is 4.14. The predicted molar refractivity (Wildman–Crippen MR) is 86.5 cm³/mol. The topological polar surface area (TPSA) is 58.8 Å². The first-order valence-electron chi connectivity index (χ1n) is 7.57. The first-order chi connectivity index (χ1) is 10.6. The zero-order valence-electron chi connectivity index (χ0n) is 13.3. The zero-order chi connectivity index (χ0) is 15.9. The van der Waals surface area contributed by atoms with E-state index < -0.39 is 0 Å². The molecule has 0 unspecified atom stereocenters. The highest BCUT2D eigenvalue weighted by Crippen LogP contribution is 2.26. The van der Waals surface area contributed by atoms with Crippen LogP contribution in [-0.4, -0.2) is 16.8 Å². The van der Waals surface area contributed by atoms with Crippen LogP contribution in [0.15, 0.2) is 30.5 Å². The molecule has 0 saturated carbocycles. The van der Waals surface area contributed by atoms with Crippen LogP contribution in [0, 0.1) is 24.2 Å². The average Bonchev–Trinajstić information content (AvgIpc) is 2.51. The van der Waals surface area contributed by atoms with Gasteiger partial charge < -0.3 is 4.74 Å². The molecule has 0 N–H and O–H groups in total. The number of hydrogen-bond donors (Lipinski definition) is 0. The van der Waals surface area contributed by atoms with E-state index >= 15 is 0 Å². The van der Waals surface area contributed by atoms with Crippen molar-refractivity contribution in [1.82, 2.24) is 10.2 Å². The molecule has 0 fully saturated rings. The zero-order valence-corrected chi connectivity index (χ0v) is 13.3. The fourth-order valence-electron chi connectivity index (χ4n) is 2.23. The molecule has 0 aliphatic carbocycles. The lowest BCUT2D eigenvalue weighted by Crippen LogP contribution is -2.01. The second-order valence-electron chi connectivity index (χ2n) is 5.79. The number of benzene rings is 1. The number of hydrogen-bond acceptors (Lipinski definition) is 4. The first-order valence-corrected chi connectivity index (χ1v) is 7.57. The van der Waals surface area contributed by atoms with Crippen molar-refractivity contribution in [1.29, 1.82) is 5.26 Å². The Bertz CT molecular complexity index is 674. The summed E-state index contributed by atoms with van der Waals surface area (Å²) in [5.74, 6) is 1.32. The van der Waals surface area contributed by atoms with E-state index in [1.54, 1.807) is 6.20 Å². The van der Waals surface area contributed by atoms with Crippen molar-refractivity contribution in [2.75, 3.05) is 6.61 Å². The van der Waals surface area contributed by atoms with E-state index in [9.17, 15) is 5.26 Å². The minimum absolute atomic E-state index is 0.552. The van der Waals surface area contributed by atoms with Gasteiger partial charge in [-0.2, -0.15) is 15.5 Å². The van der Waals surface area contributed by atoms with E-state index in [-0.39, 0.29) is 0 Å². The summed E-state index contributed by atoms with van der Waals surface area (Å²) in [5.41, 5.74) is 3.31. The van der Waals surface area contributed by atoms with Gasteiger partial charge in [-0.25, -0.2) is 0 Å². The summed E-state index contributed by atoms with van der Waals surface area (Å²) in [5, 5.41) is 17.2. The summed E-state index contributed by atoms with van der Waals surface area (Å²) in [4.78, 5) is 0. The van der Waals surface area contributed by atoms with Crippen molar-refractivity contribution >= 4 is 0 Å². The molecule has 0 radical (unpaired) electrons. The minimum atomic E-state index is 0.552. The van der Waals surface area contributed by atoms with E-state index in [0.29, 0.717) is 23.8 Å². The Kier molecular flexibility index (Phi) is 5.48. The van der Waals surface area contributed by atoms with Crippen molar-refractivity contribution < 1.29 is 4.74 Å². The first kappa shape index (κ1) is 16.0. The molecule has 1 aromatic heterocycles. The van der Waals surface area contributed by atoms with Crippen LogP contribution < -0.4 is 4.74 Å². The lowest BCUT2D eigenvalue weighted by molar-refractivity contribution is 0.297. The van der Waals surface area contributed by atoms with E-state index in [2.05, 4.69) is 30.1 Å². The van der Waals surface area contributed by atoms with E-state index in [1.807, 2.05) is 31.2 Å². The Labute approximate surface area is 131 Å². The molecule has 0 aliphatic rings. The normalized spacial score (nSPS) is 10.5. The Morgan fingerprint density at radius 3 is 2.73 bits per heavy atom. The molecule has 114 valence electrons. The Morgan fingerprint density at radius 2 is 2.05 bits per heavy atom.